The minimum absolute atomic E-state index is 0.235. The molecule has 0 aliphatic heterocycles. The molecule has 1 aromatic carbocycles. The van der Waals surface area contributed by atoms with Crippen LogP contribution >= 0.6 is 15.9 Å². The molecule has 0 saturated heterocycles. The third-order valence-corrected chi connectivity index (χ3v) is 4.83. The summed E-state index contributed by atoms with van der Waals surface area (Å²) in [6, 6.07) is 4.96. The van der Waals surface area contributed by atoms with Crippen molar-refractivity contribution in [3.05, 3.63) is 28.2 Å². The van der Waals surface area contributed by atoms with Crippen molar-refractivity contribution in [3.8, 4) is 0 Å². The van der Waals surface area contributed by atoms with Gasteiger partial charge in [-0.1, -0.05) is 15.9 Å². The first-order valence-corrected chi connectivity index (χ1v) is 8.16. The molecule has 1 aromatic rings. The smallest absolute Gasteiger partial charge is 0.224 e. The van der Waals surface area contributed by atoms with E-state index in [0.717, 1.165) is 31.1 Å². The van der Waals surface area contributed by atoms with E-state index in [-0.39, 0.29) is 4.90 Å². The molecule has 1 fully saturated rings. The molecule has 0 atom stereocenters. The normalized spacial score (nSPS) is 17.7. The SMILES string of the molecule is CS(=O)(=O)c1cc(Br)cc(C2(N=C=O)CCC2)c1. The second-order valence-corrected chi connectivity index (χ2v) is 7.47. The zero-order chi connectivity index (χ0) is 13.4. The van der Waals surface area contributed by atoms with Gasteiger partial charge in [-0.3, -0.25) is 0 Å². The first-order chi connectivity index (χ1) is 8.37. The first kappa shape index (κ1) is 13.5. The van der Waals surface area contributed by atoms with Gasteiger partial charge in [0.15, 0.2) is 9.84 Å². The molecular weight excluding hydrogens is 318 g/mol. The number of benzene rings is 1. The molecule has 0 radical (unpaired) electrons. The van der Waals surface area contributed by atoms with Gasteiger partial charge in [-0.25, -0.2) is 13.2 Å². The molecule has 0 spiro atoms. The number of rotatable bonds is 3. The molecule has 1 aliphatic carbocycles. The van der Waals surface area contributed by atoms with E-state index in [1.165, 1.54) is 0 Å². The minimum atomic E-state index is -3.28. The summed E-state index contributed by atoms with van der Waals surface area (Å²) in [4.78, 5) is 14.6. The van der Waals surface area contributed by atoms with Gasteiger partial charge < -0.3 is 0 Å². The van der Waals surface area contributed by atoms with E-state index in [2.05, 4.69) is 20.9 Å². The van der Waals surface area contributed by atoms with Crippen molar-refractivity contribution in [1.82, 2.24) is 0 Å². The Morgan fingerprint density at radius 1 is 1.33 bits per heavy atom. The Kier molecular flexibility index (Phi) is 3.45. The summed E-state index contributed by atoms with van der Waals surface area (Å²) in [5.74, 6) is 0. The van der Waals surface area contributed by atoms with E-state index >= 15 is 0 Å². The van der Waals surface area contributed by atoms with Crippen molar-refractivity contribution in [3.63, 3.8) is 0 Å². The number of nitrogens with zero attached hydrogens (tertiary/aromatic N) is 1. The Bertz CT molecular complexity index is 629. The highest BCUT2D eigenvalue weighted by atomic mass is 79.9. The van der Waals surface area contributed by atoms with Crippen LogP contribution in [0.4, 0.5) is 0 Å². The predicted molar refractivity (Wildman–Crippen MR) is 70.9 cm³/mol. The van der Waals surface area contributed by atoms with Crippen LogP contribution in [0.3, 0.4) is 0 Å². The molecule has 0 bridgehead atoms. The summed E-state index contributed by atoms with van der Waals surface area (Å²) in [6.45, 7) is 0. The molecule has 1 saturated carbocycles. The lowest BCUT2D eigenvalue weighted by molar-refractivity contribution is 0.255. The lowest BCUT2D eigenvalue weighted by atomic mass is 9.72. The largest absolute Gasteiger partial charge is 0.235 e. The summed E-state index contributed by atoms with van der Waals surface area (Å²) in [5.41, 5.74) is 0.178. The van der Waals surface area contributed by atoms with Crippen molar-refractivity contribution >= 4 is 31.8 Å². The number of hydrogen-bond donors (Lipinski definition) is 0. The van der Waals surface area contributed by atoms with Crippen LogP contribution in [0.15, 0.2) is 32.6 Å². The van der Waals surface area contributed by atoms with Gasteiger partial charge in [0.1, 0.15) is 0 Å². The summed E-state index contributed by atoms with van der Waals surface area (Å²) in [7, 11) is -3.28. The molecule has 0 heterocycles. The highest BCUT2D eigenvalue weighted by molar-refractivity contribution is 9.10. The van der Waals surface area contributed by atoms with Crippen LogP contribution in [0, 0.1) is 0 Å². The molecule has 0 N–H and O–H groups in total. The summed E-state index contributed by atoms with van der Waals surface area (Å²) in [6.07, 6.45) is 5.24. The topological polar surface area (TPSA) is 63.6 Å². The predicted octanol–water partition coefficient (Wildman–Crippen LogP) is 2.57. The monoisotopic (exact) mass is 329 g/mol. The Hall–Kier alpha value is -0.970. The maximum Gasteiger partial charge on any atom is 0.235 e. The average Bonchev–Trinajstić information content (AvgIpc) is 2.21. The third-order valence-electron chi connectivity index (χ3n) is 3.28. The van der Waals surface area contributed by atoms with Crippen LogP contribution in [-0.4, -0.2) is 20.8 Å². The van der Waals surface area contributed by atoms with Crippen LogP contribution < -0.4 is 0 Å². The lowest BCUT2D eigenvalue weighted by Crippen LogP contribution is -2.32. The molecule has 0 amide bonds. The first-order valence-electron chi connectivity index (χ1n) is 5.48. The molecule has 1 aliphatic rings. The summed E-state index contributed by atoms with van der Waals surface area (Å²) >= 11 is 3.30. The number of sulfone groups is 1. The van der Waals surface area contributed by atoms with Crippen molar-refractivity contribution in [2.45, 2.75) is 29.7 Å². The van der Waals surface area contributed by atoms with Gasteiger partial charge in [0.2, 0.25) is 6.08 Å². The Labute approximate surface area is 114 Å². The van der Waals surface area contributed by atoms with Gasteiger partial charge in [-0.15, -0.1) is 0 Å². The van der Waals surface area contributed by atoms with E-state index in [0.29, 0.717) is 4.47 Å². The fourth-order valence-corrected chi connectivity index (χ4v) is 3.44. The quantitative estimate of drug-likeness (QED) is 0.632. The van der Waals surface area contributed by atoms with Gasteiger partial charge in [0, 0.05) is 10.7 Å². The molecule has 4 nitrogen and oxygen atoms in total. The highest BCUT2D eigenvalue weighted by Gasteiger charge is 2.39. The number of hydrogen-bond acceptors (Lipinski definition) is 4. The number of aliphatic imine (C=N–C) groups is 1. The Morgan fingerprint density at radius 2 is 2.00 bits per heavy atom. The minimum Gasteiger partial charge on any atom is -0.224 e. The molecule has 0 aromatic heterocycles. The highest BCUT2D eigenvalue weighted by Crippen LogP contribution is 2.45. The molecular formula is C12H12BrNO3S. The van der Waals surface area contributed by atoms with Gasteiger partial charge in [-0.2, -0.15) is 4.99 Å². The zero-order valence-corrected chi connectivity index (χ0v) is 12.2. The average molecular weight is 330 g/mol. The molecule has 0 unspecified atom stereocenters. The molecule has 6 heteroatoms. The zero-order valence-electron chi connectivity index (χ0n) is 9.81. The van der Waals surface area contributed by atoms with E-state index in [1.807, 2.05) is 6.07 Å². The Morgan fingerprint density at radius 3 is 2.44 bits per heavy atom. The fourth-order valence-electron chi connectivity index (χ4n) is 2.11. The van der Waals surface area contributed by atoms with E-state index in [4.69, 9.17) is 0 Å². The maximum absolute atomic E-state index is 11.6. The summed E-state index contributed by atoms with van der Waals surface area (Å²) in [5, 5.41) is 0. The molecule has 96 valence electrons. The van der Waals surface area contributed by atoms with Gasteiger partial charge in [0.05, 0.1) is 10.4 Å². The van der Waals surface area contributed by atoms with Gasteiger partial charge in [0.25, 0.3) is 0 Å². The number of halogens is 1. The Balaban J connectivity index is 2.58. The van der Waals surface area contributed by atoms with E-state index in [1.54, 1.807) is 18.2 Å². The molecule has 2 rings (SSSR count). The maximum atomic E-state index is 11.6. The third kappa shape index (κ3) is 2.41. The standard InChI is InChI=1S/C12H12BrNO3S/c1-18(16,17)11-6-9(5-10(13)7-11)12(14-8-15)3-2-4-12/h5-7H,2-4H2,1H3. The lowest BCUT2D eigenvalue weighted by Gasteiger charge is -2.37. The number of carbonyl (C=O) groups excluding carboxylic acids is 1. The second-order valence-electron chi connectivity index (χ2n) is 4.54. The fraction of sp³-hybridized carbons (Fsp3) is 0.417. The van der Waals surface area contributed by atoms with Crippen molar-refractivity contribution in [2.24, 2.45) is 4.99 Å². The van der Waals surface area contributed by atoms with Gasteiger partial charge in [-0.05, 0) is 43.0 Å². The van der Waals surface area contributed by atoms with Crippen molar-refractivity contribution in [1.29, 1.82) is 0 Å². The van der Waals surface area contributed by atoms with Gasteiger partial charge >= 0.3 is 0 Å². The van der Waals surface area contributed by atoms with Crippen LogP contribution in [0.1, 0.15) is 24.8 Å². The van der Waals surface area contributed by atoms with Crippen LogP contribution in [0.25, 0.3) is 0 Å². The molecule has 18 heavy (non-hydrogen) atoms. The van der Waals surface area contributed by atoms with Crippen molar-refractivity contribution in [2.75, 3.05) is 6.26 Å². The van der Waals surface area contributed by atoms with Crippen LogP contribution in [0.5, 0.6) is 0 Å². The summed E-state index contributed by atoms with van der Waals surface area (Å²) < 4.78 is 23.9. The van der Waals surface area contributed by atoms with E-state index < -0.39 is 15.4 Å². The number of isocyanates is 1. The van der Waals surface area contributed by atoms with Crippen LogP contribution in [0.2, 0.25) is 0 Å². The van der Waals surface area contributed by atoms with Crippen molar-refractivity contribution < 1.29 is 13.2 Å². The second kappa shape index (κ2) is 4.61. The van der Waals surface area contributed by atoms with E-state index in [9.17, 15) is 13.2 Å². The van der Waals surface area contributed by atoms with Crippen LogP contribution in [-0.2, 0) is 20.2 Å².